The summed E-state index contributed by atoms with van der Waals surface area (Å²) >= 11 is 11.4. The van der Waals surface area contributed by atoms with Crippen molar-refractivity contribution in [3.8, 4) is 11.5 Å². The van der Waals surface area contributed by atoms with Crippen LogP contribution < -0.4 is 11.3 Å². The highest BCUT2D eigenvalue weighted by atomic mass is 35.5. The van der Waals surface area contributed by atoms with Crippen molar-refractivity contribution in [1.29, 1.82) is 0 Å². The van der Waals surface area contributed by atoms with Gasteiger partial charge in [0.25, 0.3) is 0 Å². The molecule has 4 rings (SSSR count). The predicted octanol–water partition coefficient (Wildman–Crippen LogP) is 4.21. The lowest BCUT2D eigenvalue weighted by atomic mass is 10.2. The largest absolute Gasteiger partial charge is 0.507 e. The Morgan fingerprint density at radius 3 is 2.00 bits per heavy atom. The van der Waals surface area contributed by atoms with Crippen molar-refractivity contribution >= 4 is 50.8 Å². The van der Waals surface area contributed by atoms with E-state index in [1.54, 1.807) is 12.1 Å². The molecule has 4 aromatic rings. The fourth-order valence-electron chi connectivity index (χ4n) is 2.43. The van der Waals surface area contributed by atoms with Crippen LogP contribution >= 0.6 is 23.2 Å². The Morgan fingerprint density at radius 2 is 1.41 bits per heavy atom. The molecule has 0 aliphatic heterocycles. The van der Waals surface area contributed by atoms with Crippen LogP contribution in [0.5, 0.6) is 11.5 Å². The standard InChI is InChI=1S/C9H4ClNO5.C9H5ClO3/c10-4-1-2-6-5(3-4)8(12)7(11(14)15)9(13)16-6;10-5-1-2-8-6(3-5)7(11)4-9(12)13-8/h1-3,12H;1-4,11H. The molecule has 0 fully saturated rings. The number of aromatic hydroxyl groups is 2. The molecule has 29 heavy (non-hydrogen) atoms. The van der Waals surface area contributed by atoms with Crippen LogP contribution in [-0.4, -0.2) is 15.1 Å². The van der Waals surface area contributed by atoms with Gasteiger partial charge in [-0.15, -0.1) is 0 Å². The SMILES string of the molecule is O=c1cc(O)c2cc(Cl)ccc2o1.O=c1oc2ccc(Cl)cc2c(O)c1[N+](=O)[O-]. The number of nitro groups is 1. The molecular formula is C18H9Cl2NO8. The zero-order chi connectivity index (χ0) is 21.3. The summed E-state index contributed by atoms with van der Waals surface area (Å²) in [6.45, 7) is 0. The van der Waals surface area contributed by atoms with E-state index in [0.717, 1.165) is 6.07 Å². The van der Waals surface area contributed by atoms with Crippen molar-refractivity contribution in [1.82, 2.24) is 0 Å². The summed E-state index contributed by atoms with van der Waals surface area (Å²) in [5, 5.41) is 30.7. The molecule has 0 radical (unpaired) electrons. The quantitative estimate of drug-likeness (QED) is 0.256. The van der Waals surface area contributed by atoms with E-state index < -0.39 is 27.6 Å². The smallest absolute Gasteiger partial charge is 0.419 e. The van der Waals surface area contributed by atoms with E-state index in [1.807, 2.05) is 0 Å². The molecular weight excluding hydrogens is 429 g/mol. The summed E-state index contributed by atoms with van der Waals surface area (Å²) in [7, 11) is 0. The van der Waals surface area contributed by atoms with Gasteiger partial charge in [-0.25, -0.2) is 9.59 Å². The van der Waals surface area contributed by atoms with E-state index in [4.69, 9.17) is 27.6 Å². The normalized spacial score (nSPS) is 10.6. The van der Waals surface area contributed by atoms with Crippen molar-refractivity contribution in [3.05, 3.63) is 83.5 Å². The molecule has 0 aliphatic carbocycles. The van der Waals surface area contributed by atoms with Crippen LogP contribution in [0, 0.1) is 10.1 Å². The first-order chi connectivity index (χ1) is 13.7. The molecule has 2 aromatic heterocycles. The third kappa shape index (κ3) is 4.15. The van der Waals surface area contributed by atoms with Crippen molar-refractivity contribution < 1.29 is 24.0 Å². The Bertz CT molecular complexity index is 1380. The molecule has 2 heterocycles. The maximum atomic E-state index is 11.2. The Labute approximate surface area is 170 Å². The van der Waals surface area contributed by atoms with Gasteiger partial charge in [0.1, 0.15) is 16.9 Å². The van der Waals surface area contributed by atoms with Crippen LogP contribution in [0.4, 0.5) is 5.69 Å². The molecule has 9 nitrogen and oxygen atoms in total. The minimum absolute atomic E-state index is 0.0267. The highest BCUT2D eigenvalue weighted by Gasteiger charge is 2.24. The number of fused-ring (bicyclic) bond motifs is 2. The molecule has 0 bridgehead atoms. The van der Waals surface area contributed by atoms with Crippen molar-refractivity contribution in [2.24, 2.45) is 0 Å². The van der Waals surface area contributed by atoms with Gasteiger partial charge in [0.15, 0.2) is 0 Å². The molecule has 2 N–H and O–H groups in total. The van der Waals surface area contributed by atoms with Gasteiger partial charge >= 0.3 is 16.9 Å². The van der Waals surface area contributed by atoms with E-state index in [9.17, 15) is 29.9 Å². The van der Waals surface area contributed by atoms with Gasteiger partial charge in [0.2, 0.25) is 5.75 Å². The number of nitrogens with zero attached hydrogens (tertiary/aromatic N) is 1. The summed E-state index contributed by atoms with van der Waals surface area (Å²) < 4.78 is 9.50. The molecule has 0 saturated heterocycles. The molecule has 2 aromatic carbocycles. The van der Waals surface area contributed by atoms with Gasteiger partial charge in [-0.3, -0.25) is 10.1 Å². The van der Waals surface area contributed by atoms with Crippen LogP contribution in [0.25, 0.3) is 21.9 Å². The fraction of sp³-hybridized carbons (Fsp3) is 0. The number of benzene rings is 2. The van der Waals surface area contributed by atoms with E-state index in [2.05, 4.69) is 4.42 Å². The topological polar surface area (TPSA) is 144 Å². The first-order valence-corrected chi connectivity index (χ1v) is 8.45. The van der Waals surface area contributed by atoms with Gasteiger partial charge in [0.05, 0.1) is 21.8 Å². The first-order valence-electron chi connectivity index (χ1n) is 7.69. The van der Waals surface area contributed by atoms with Crippen molar-refractivity contribution in [2.75, 3.05) is 0 Å². The number of halogens is 2. The van der Waals surface area contributed by atoms with Crippen LogP contribution in [0.3, 0.4) is 0 Å². The summed E-state index contributed by atoms with van der Waals surface area (Å²) in [6.07, 6.45) is 0. The summed E-state index contributed by atoms with van der Waals surface area (Å²) in [6, 6.07) is 9.75. The zero-order valence-electron chi connectivity index (χ0n) is 14.1. The molecule has 0 unspecified atom stereocenters. The van der Waals surface area contributed by atoms with E-state index in [-0.39, 0.29) is 21.7 Å². The van der Waals surface area contributed by atoms with Gasteiger partial charge in [0, 0.05) is 10.0 Å². The molecule has 0 spiro atoms. The van der Waals surface area contributed by atoms with Crippen molar-refractivity contribution in [2.45, 2.75) is 0 Å². The Kier molecular flexibility index (Phi) is 5.44. The van der Waals surface area contributed by atoms with E-state index in [0.29, 0.717) is 16.0 Å². The lowest BCUT2D eigenvalue weighted by Crippen LogP contribution is -2.06. The molecule has 0 amide bonds. The average molecular weight is 438 g/mol. The van der Waals surface area contributed by atoms with Crippen LogP contribution in [0.2, 0.25) is 10.0 Å². The van der Waals surface area contributed by atoms with Crippen molar-refractivity contribution in [3.63, 3.8) is 0 Å². The minimum atomic E-state index is -1.20. The van der Waals surface area contributed by atoms with Gasteiger partial charge in [-0.05, 0) is 36.4 Å². The average Bonchev–Trinajstić information content (AvgIpc) is 2.63. The number of hydrogen-bond acceptors (Lipinski definition) is 8. The molecule has 0 aliphatic rings. The monoisotopic (exact) mass is 437 g/mol. The third-order valence-electron chi connectivity index (χ3n) is 3.68. The van der Waals surface area contributed by atoms with Gasteiger partial charge < -0.3 is 19.0 Å². The second kappa shape index (κ2) is 7.82. The summed E-state index contributed by atoms with van der Waals surface area (Å²) in [5.41, 5.74) is -2.40. The van der Waals surface area contributed by atoms with Crippen LogP contribution in [0.15, 0.2) is 60.9 Å². The molecule has 148 valence electrons. The second-order valence-corrected chi connectivity index (χ2v) is 6.45. The van der Waals surface area contributed by atoms with E-state index >= 15 is 0 Å². The zero-order valence-corrected chi connectivity index (χ0v) is 15.6. The minimum Gasteiger partial charge on any atom is -0.507 e. The molecule has 0 saturated carbocycles. The Hall–Kier alpha value is -3.56. The third-order valence-corrected chi connectivity index (χ3v) is 4.15. The predicted molar refractivity (Wildman–Crippen MR) is 105 cm³/mol. The highest BCUT2D eigenvalue weighted by molar-refractivity contribution is 6.31. The van der Waals surface area contributed by atoms with Gasteiger partial charge in [-0.2, -0.15) is 0 Å². The van der Waals surface area contributed by atoms with Crippen LogP contribution in [0.1, 0.15) is 0 Å². The summed E-state index contributed by atoms with van der Waals surface area (Å²) in [5.74, 6) is -0.854. The highest BCUT2D eigenvalue weighted by Crippen LogP contribution is 2.32. The lowest BCUT2D eigenvalue weighted by Gasteiger charge is -2.00. The van der Waals surface area contributed by atoms with Crippen LogP contribution in [-0.2, 0) is 0 Å². The van der Waals surface area contributed by atoms with Gasteiger partial charge in [-0.1, -0.05) is 23.2 Å². The fourth-order valence-corrected chi connectivity index (χ4v) is 2.77. The molecule has 0 atom stereocenters. The second-order valence-electron chi connectivity index (χ2n) is 5.58. The lowest BCUT2D eigenvalue weighted by molar-refractivity contribution is -0.388. The first kappa shape index (κ1) is 20.2. The number of rotatable bonds is 1. The number of hydrogen-bond donors (Lipinski definition) is 2. The summed E-state index contributed by atoms with van der Waals surface area (Å²) in [4.78, 5) is 31.5. The molecule has 11 heteroatoms. The Balaban J connectivity index is 0.000000169. The Morgan fingerprint density at radius 1 is 0.862 bits per heavy atom. The maximum absolute atomic E-state index is 11.2. The van der Waals surface area contributed by atoms with E-state index in [1.165, 1.54) is 24.3 Å². The maximum Gasteiger partial charge on any atom is 0.419 e.